The highest BCUT2D eigenvalue weighted by Crippen LogP contribution is 2.19. The molecule has 0 bridgehead atoms. The number of sulfonamides is 1. The fraction of sp³-hybridized carbons (Fsp3) is 0.462. The van der Waals surface area contributed by atoms with Gasteiger partial charge in [0, 0.05) is 6.04 Å². The van der Waals surface area contributed by atoms with E-state index < -0.39 is 22.0 Å². The number of hydrogen-bond donors (Lipinski definition) is 3. The molecule has 0 aromatic heterocycles. The van der Waals surface area contributed by atoms with Crippen molar-refractivity contribution in [2.24, 2.45) is 5.73 Å². The minimum atomic E-state index is -3.76. The Bertz CT molecular complexity index is 568. The van der Waals surface area contributed by atoms with E-state index in [2.05, 4.69) is 10.0 Å². The molecule has 20 heavy (non-hydrogen) atoms. The molecule has 2 unspecified atom stereocenters. The van der Waals surface area contributed by atoms with Crippen molar-refractivity contribution in [3.8, 4) is 0 Å². The van der Waals surface area contributed by atoms with Crippen LogP contribution in [0.25, 0.3) is 0 Å². The molecule has 0 aliphatic heterocycles. The van der Waals surface area contributed by atoms with Crippen molar-refractivity contribution in [3.05, 3.63) is 29.8 Å². The number of primary amides is 1. The summed E-state index contributed by atoms with van der Waals surface area (Å²) in [5.74, 6) is -0.716. The van der Waals surface area contributed by atoms with Crippen LogP contribution in [0.4, 0.5) is 0 Å². The van der Waals surface area contributed by atoms with Crippen molar-refractivity contribution in [3.63, 3.8) is 0 Å². The Kier molecular flexibility index (Phi) is 5.67. The van der Waals surface area contributed by atoms with Gasteiger partial charge in [-0.1, -0.05) is 19.1 Å². The first-order valence-corrected chi connectivity index (χ1v) is 7.89. The smallest absolute Gasteiger partial charge is 0.241 e. The van der Waals surface area contributed by atoms with Gasteiger partial charge in [-0.3, -0.25) is 4.79 Å². The van der Waals surface area contributed by atoms with E-state index in [0.717, 1.165) is 12.0 Å². The lowest BCUT2D eigenvalue weighted by atomic mass is 10.1. The number of amides is 1. The van der Waals surface area contributed by atoms with Crippen LogP contribution in [0.1, 0.15) is 31.9 Å². The highest BCUT2D eigenvalue weighted by Gasteiger charge is 2.21. The molecule has 0 radical (unpaired) electrons. The number of carbonyl (C=O) groups is 1. The third-order valence-corrected chi connectivity index (χ3v) is 4.62. The summed E-state index contributed by atoms with van der Waals surface area (Å²) in [6.07, 6.45) is 0.838. The summed E-state index contributed by atoms with van der Waals surface area (Å²) < 4.78 is 26.6. The van der Waals surface area contributed by atoms with E-state index in [-0.39, 0.29) is 10.9 Å². The number of hydrogen-bond acceptors (Lipinski definition) is 4. The quantitative estimate of drug-likeness (QED) is 0.682. The predicted octanol–water partition coefficient (Wildman–Crippen LogP) is 0.509. The van der Waals surface area contributed by atoms with Gasteiger partial charge in [-0.2, -0.15) is 4.72 Å². The maximum absolute atomic E-state index is 12.2. The van der Waals surface area contributed by atoms with Gasteiger partial charge in [-0.05, 0) is 38.1 Å². The Labute approximate surface area is 119 Å². The van der Waals surface area contributed by atoms with Crippen molar-refractivity contribution in [1.29, 1.82) is 0 Å². The zero-order chi connectivity index (χ0) is 15.3. The normalized spacial score (nSPS) is 14.8. The molecule has 1 aromatic rings. The highest BCUT2D eigenvalue weighted by atomic mass is 32.2. The number of nitrogens with one attached hydrogen (secondary N) is 2. The van der Waals surface area contributed by atoms with Crippen LogP contribution >= 0.6 is 0 Å². The Balaban J connectivity index is 3.07. The molecule has 6 nitrogen and oxygen atoms in total. The topological polar surface area (TPSA) is 101 Å². The third-order valence-electron chi connectivity index (χ3n) is 3.09. The molecule has 0 heterocycles. The van der Waals surface area contributed by atoms with Crippen LogP contribution in [0, 0.1) is 0 Å². The maximum Gasteiger partial charge on any atom is 0.241 e. The SMILES string of the molecule is CCC(NC)c1cccc(S(=O)(=O)NC(C)C(N)=O)c1. The zero-order valence-electron chi connectivity index (χ0n) is 11.9. The molecule has 0 spiro atoms. The molecule has 1 aromatic carbocycles. The van der Waals surface area contributed by atoms with Crippen molar-refractivity contribution >= 4 is 15.9 Å². The summed E-state index contributed by atoms with van der Waals surface area (Å²) in [7, 11) is -1.93. The van der Waals surface area contributed by atoms with Gasteiger partial charge in [-0.25, -0.2) is 8.42 Å². The second kappa shape index (κ2) is 6.83. The molecule has 2 atom stereocenters. The lowest BCUT2D eigenvalue weighted by Crippen LogP contribution is -2.42. The average Bonchev–Trinajstić information content (AvgIpc) is 2.40. The molecular formula is C13H21N3O3S. The fourth-order valence-corrected chi connectivity index (χ4v) is 3.13. The molecular weight excluding hydrogens is 278 g/mol. The van der Waals surface area contributed by atoms with E-state index in [4.69, 9.17) is 5.73 Å². The standard InChI is InChI=1S/C13H21N3O3S/c1-4-12(15-3)10-6-5-7-11(8-10)20(18,19)16-9(2)13(14)17/h5-9,12,15-16H,4H2,1-3H3,(H2,14,17). The Hall–Kier alpha value is -1.44. The van der Waals surface area contributed by atoms with Gasteiger partial charge in [0.05, 0.1) is 10.9 Å². The third kappa shape index (κ3) is 4.03. The van der Waals surface area contributed by atoms with E-state index in [1.165, 1.54) is 13.0 Å². The number of nitrogens with two attached hydrogens (primary N) is 1. The van der Waals surface area contributed by atoms with Crippen LogP contribution in [0.15, 0.2) is 29.2 Å². The second-order valence-electron chi connectivity index (χ2n) is 4.57. The molecule has 112 valence electrons. The van der Waals surface area contributed by atoms with E-state index >= 15 is 0 Å². The molecule has 0 aliphatic rings. The van der Waals surface area contributed by atoms with Crippen molar-refractivity contribution in [2.45, 2.75) is 37.2 Å². The molecule has 0 fully saturated rings. The second-order valence-corrected chi connectivity index (χ2v) is 6.28. The van der Waals surface area contributed by atoms with Gasteiger partial charge in [0.1, 0.15) is 0 Å². The zero-order valence-corrected chi connectivity index (χ0v) is 12.7. The number of carbonyl (C=O) groups excluding carboxylic acids is 1. The summed E-state index contributed by atoms with van der Waals surface area (Å²) in [6.45, 7) is 3.42. The molecule has 4 N–H and O–H groups in total. The van der Waals surface area contributed by atoms with Crippen molar-refractivity contribution < 1.29 is 13.2 Å². The first-order valence-electron chi connectivity index (χ1n) is 6.40. The minimum absolute atomic E-state index is 0.0821. The summed E-state index contributed by atoms with van der Waals surface area (Å²) in [5.41, 5.74) is 5.95. The van der Waals surface area contributed by atoms with Crippen molar-refractivity contribution in [2.75, 3.05) is 7.05 Å². The molecule has 7 heteroatoms. The van der Waals surface area contributed by atoms with Crippen LogP contribution in [0.3, 0.4) is 0 Å². The van der Waals surface area contributed by atoms with Crippen LogP contribution in [0.2, 0.25) is 0 Å². The average molecular weight is 299 g/mol. The Morgan fingerprint density at radius 1 is 1.40 bits per heavy atom. The van der Waals surface area contributed by atoms with Gasteiger partial charge in [0.25, 0.3) is 0 Å². The molecule has 0 saturated carbocycles. The van der Waals surface area contributed by atoms with E-state index in [0.29, 0.717) is 0 Å². The largest absolute Gasteiger partial charge is 0.368 e. The number of benzene rings is 1. The van der Waals surface area contributed by atoms with Crippen LogP contribution in [-0.4, -0.2) is 27.4 Å². The first-order chi connectivity index (χ1) is 9.31. The van der Waals surface area contributed by atoms with Gasteiger partial charge in [0.15, 0.2) is 0 Å². The first kappa shape index (κ1) is 16.6. The lowest BCUT2D eigenvalue weighted by Gasteiger charge is -2.16. The summed E-state index contributed by atoms with van der Waals surface area (Å²) in [5, 5.41) is 3.12. The van der Waals surface area contributed by atoms with Gasteiger partial charge in [-0.15, -0.1) is 0 Å². The molecule has 1 amide bonds. The van der Waals surface area contributed by atoms with Crippen LogP contribution < -0.4 is 15.8 Å². The van der Waals surface area contributed by atoms with Crippen LogP contribution in [-0.2, 0) is 14.8 Å². The lowest BCUT2D eigenvalue weighted by molar-refractivity contribution is -0.119. The van der Waals surface area contributed by atoms with Gasteiger partial charge < -0.3 is 11.1 Å². The number of rotatable bonds is 7. The van der Waals surface area contributed by atoms with Crippen molar-refractivity contribution in [1.82, 2.24) is 10.0 Å². The summed E-state index contributed by atoms with van der Waals surface area (Å²) >= 11 is 0. The van der Waals surface area contributed by atoms with Crippen LogP contribution in [0.5, 0.6) is 0 Å². The maximum atomic E-state index is 12.2. The fourth-order valence-electron chi connectivity index (χ4n) is 1.86. The molecule has 0 saturated heterocycles. The molecule has 1 rings (SSSR count). The minimum Gasteiger partial charge on any atom is -0.368 e. The Morgan fingerprint density at radius 2 is 2.05 bits per heavy atom. The van der Waals surface area contributed by atoms with Gasteiger partial charge >= 0.3 is 0 Å². The Morgan fingerprint density at radius 3 is 2.55 bits per heavy atom. The predicted molar refractivity (Wildman–Crippen MR) is 77.5 cm³/mol. The van der Waals surface area contributed by atoms with E-state index in [1.54, 1.807) is 12.1 Å². The van der Waals surface area contributed by atoms with E-state index in [1.807, 2.05) is 20.0 Å². The monoisotopic (exact) mass is 299 g/mol. The summed E-state index contributed by atoms with van der Waals surface area (Å²) in [6, 6.07) is 5.76. The molecule has 0 aliphatic carbocycles. The van der Waals surface area contributed by atoms with Gasteiger partial charge in [0.2, 0.25) is 15.9 Å². The van der Waals surface area contributed by atoms with E-state index in [9.17, 15) is 13.2 Å². The highest BCUT2D eigenvalue weighted by molar-refractivity contribution is 7.89. The summed E-state index contributed by atoms with van der Waals surface area (Å²) in [4.78, 5) is 11.1.